The van der Waals surface area contributed by atoms with Crippen molar-refractivity contribution < 1.29 is 4.74 Å². The SMILES string of the molecule is CCCC1CCC(NCC)C(CN(CCOC)C(C)C)C1. The molecular weight excluding hydrogens is 260 g/mol. The predicted molar refractivity (Wildman–Crippen MR) is 91.8 cm³/mol. The molecule has 1 aliphatic carbocycles. The second kappa shape index (κ2) is 10.6. The fourth-order valence-electron chi connectivity index (χ4n) is 3.83. The molecule has 0 heterocycles. The standard InChI is InChI=1S/C18H38N2O/c1-6-8-16-9-10-18(19-7-2)17(13-16)14-20(15(3)4)11-12-21-5/h15-19H,6-14H2,1-5H3. The van der Waals surface area contributed by atoms with Gasteiger partial charge >= 0.3 is 0 Å². The lowest BCUT2D eigenvalue weighted by molar-refractivity contribution is 0.0875. The topological polar surface area (TPSA) is 24.5 Å². The van der Waals surface area contributed by atoms with Crippen LogP contribution in [0.5, 0.6) is 0 Å². The Hall–Kier alpha value is -0.120. The molecule has 0 amide bonds. The molecule has 1 saturated carbocycles. The first-order chi connectivity index (χ1) is 10.1. The molecule has 0 saturated heterocycles. The van der Waals surface area contributed by atoms with Gasteiger partial charge in [0.05, 0.1) is 6.61 Å². The van der Waals surface area contributed by atoms with Crippen LogP contribution in [-0.4, -0.2) is 50.3 Å². The zero-order valence-electron chi connectivity index (χ0n) is 15.0. The van der Waals surface area contributed by atoms with E-state index in [1.165, 1.54) is 38.6 Å². The largest absolute Gasteiger partial charge is 0.383 e. The van der Waals surface area contributed by atoms with Crippen LogP contribution in [0.1, 0.15) is 59.8 Å². The Labute approximate surface area is 132 Å². The van der Waals surface area contributed by atoms with Gasteiger partial charge in [-0.1, -0.05) is 26.7 Å². The molecule has 3 unspecified atom stereocenters. The van der Waals surface area contributed by atoms with Crippen LogP contribution in [0.2, 0.25) is 0 Å². The third-order valence-electron chi connectivity index (χ3n) is 5.04. The van der Waals surface area contributed by atoms with E-state index in [1.807, 2.05) is 0 Å². The van der Waals surface area contributed by atoms with Gasteiger partial charge < -0.3 is 10.1 Å². The van der Waals surface area contributed by atoms with Crippen LogP contribution >= 0.6 is 0 Å². The van der Waals surface area contributed by atoms with E-state index in [0.29, 0.717) is 12.1 Å². The normalized spacial score (nSPS) is 26.7. The highest BCUT2D eigenvalue weighted by molar-refractivity contribution is 4.87. The Morgan fingerprint density at radius 1 is 1.24 bits per heavy atom. The Morgan fingerprint density at radius 3 is 2.57 bits per heavy atom. The summed E-state index contributed by atoms with van der Waals surface area (Å²) in [5.41, 5.74) is 0. The zero-order chi connectivity index (χ0) is 15.7. The molecule has 0 aromatic rings. The summed E-state index contributed by atoms with van der Waals surface area (Å²) in [5, 5.41) is 3.74. The number of nitrogens with zero attached hydrogens (tertiary/aromatic N) is 1. The van der Waals surface area contributed by atoms with Crippen molar-refractivity contribution in [2.75, 3.05) is 33.4 Å². The lowest BCUT2D eigenvalue weighted by atomic mass is 9.76. The molecule has 0 spiro atoms. The van der Waals surface area contributed by atoms with Gasteiger partial charge in [-0.3, -0.25) is 4.90 Å². The van der Waals surface area contributed by atoms with Crippen LogP contribution in [0.3, 0.4) is 0 Å². The van der Waals surface area contributed by atoms with Gasteiger partial charge in [-0.15, -0.1) is 0 Å². The highest BCUT2D eigenvalue weighted by Gasteiger charge is 2.31. The van der Waals surface area contributed by atoms with Gasteiger partial charge in [0.1, 0.15) is 0 Å². The van der Waals surface area contributed by atoms with Gasteiger partial charge in [0.15, 0.2) is 0 Å². The summed E-state index contributed by atoms with van der Waals surface area (Å²) in [6.07, 6.45) is 6.93. The van der Waals surface area contributed by atoms with E-state index in [2.05, 4.69) is 37.9 Å². The molecule has 0 bridgehead atoms. The van der Waals surface area contributed by atoms with E-state index in [9.17, 15) is 0 Å². The van der Waals surface area contributed by atoms with Crippen molar-refractivity contribution in [2.45, 2.75) is 71.9 Å². The summed E-state index contributed by atoms with van der Waals surface area (Å²) in [7, 11) is 1.80. The lowest BCUT2D eigenvalue weighted by Crippen LogP contribution is -2.48. The van der Waals surface area contributed by atoms with E-state index in [1.54, 1.807) is 7.11 Å². The van der Waals surface area contributed by atoms with Crippen molar-refractivity contribution in [3.05, 3.63) is 0 Å². The average molecular weight is 299 g/mol. The average Bonchev–Trinajstić information content (AvgIpc) is 2.46. The van der Waals surface area contributed by atoms with Gasteiger partial charge in [0.25, 0.3) is 0 Å². The molecule has 1 N–H and O–H groups in total. The van der Waals surface area contributed by atoms with Crippen LogP contribution in [0, 0.1) is 11.8 Å². The summed E-state index contributed by atoms with van der Waals surface area (Å²) >= 11 is 0. The Balaban J connectivity index is 2.61. The molecule has 126 valence electrons. The van der Waals surface area contributed by atoms with Crippen molar-refractivity contribution in [2.24, 2.45) is 11.8 Å². The molecule has 1 rings (SSSR count). The highest BCUT2D eigenvalue weighted by atomic mass is 16.5. The van der Waals surface area contributed by atoms with Crippen molar-refractivity contribution in [1.29, 1.82) is 0 Å². The second-order valence-electron chi connectivity index (χ2n) is 6.97. The monoisotopic (exact) mass is 298 g/mol. The molecule has 21 heavy (non-hydrogen) atoms. The zero-order valence-corrected chi connectivity index (χ0v) is 15.0. The Kier molecular flexibility index (Phi) is 9.54. The fourth-order valence-corrected chi connectivity index (χ4v) is 3.83. The summed E-state index contributed by atoms with van der Waals surface area (Å²) in [6, 6.07) is 1.32. The molecular formula is C18H38N2O. The molecule has 3 nitrogen and oxygen atoms in total. The number of nitrogens with one attached hydrogen (secondary N) is 1. The first kappa shape index (κ1) is 18.9. The number of rotatable bonds is 10. The van der Waals surface area contributed by atoms with Crippen LogP contribution < -0.4 is 5.32 Å². The molecule has 3 heteroatoms. The highest BCUT2D eigenvalue weighted by Crippen LogP contribution is 2.33. The van der Waals surface area contributed by atoms with Crippen LogP contribution in [-0.2, 0) is 4.74 Å². The predicted octanol–water partition coefficient (Wildman–Crippen LogP) is 3.54. The summed E-state index contributed by atoms with van der Waals surface area (Å²) in [4.78, 5) is 2.60. The third-order valence-corrected chi connectivity index (χ3v) is 5.04. The van der Waals surface area contributed by atoms with Gasteiger partial charge in [0.2, 0.25) is 0 Å². The molecule has 1 fully saturated rings. The van der Waals surface area contributed by atoms with E-state index in [0.717, 1.165) is 31.5 Å². The number of ether oxygens (including phenoxy) is 1. The van der Waals surface area contributed by atoms with E-state index < -0.39 is 0 Å². The number of hydrogen-bond donors (Lipinski definition) is 1. The molecule has 0 radical (unpaired) electrons. The van der Waals surface area contributed by atoms with Crippen LogP contribution in [0.25, 0.3) is 0 Å². The first-order valence-electron chi connectivity index (χ1n) is 9.08. The smallest absolute Gasteiger partial charge is 0.0589 e. The molecule has 3 atom stereocenters. The Morgan fingerprint density at radius 2 is 2.00 bits per heavy atom. The van der Waals surface area contributed by atoms with E-state index in [4.69, 9.17) is 4.74 Å². The maximum atomic E-state index is 5.29. The fraction of sp³-hybridized carbons (Fsp3) is 1.00. The van der Waals surface area contributed by atoms with Crippen molar-refractivity contribution in [3.63, 3.8) is 0 Å². The van der Waals surface area contributed by atoms with Gasteiger partial charge in [-0.2, -0.15) is 0 Å². The molecule has 0 aromatic heterocycles. The molecule has 0 aliphatic heterocycles. The van der Waals surface area contributed by atoms with E-state index >= 15 is 0 Å². The maximum Gasteiger partial charge on any atom is 0.0589 e. The third kappa shape index (κ3) is 6.66. The van der Waals surface area contributed by atoms with Crippen molar-refractivity contribution in [1.82, 2.24) is 10.2 Å². The minimum absolute atomic E-state index is 0.606. The summed E-state index contributed by atoms with van der Waals surface area (Å²) in [5.74, 6) is 1.75. The minimum atomic E-state index is 0.606. The molecule has 0 aromatic carbocycles. The number of hydrogen-bond acceptors (Lipinski definition) is 3. The Bertz CT molecular complexity index is 258. The van der Waals surface area contributed by atoms with E-state index in [-0.39, 0.29) is 0 Å². The first-order valence-corrected chi connectivity index (χ1v) is 9.08. The van der Waals surface area contributed by atoms with Crippen LogP contribution in [0.15, 0.2) is 0 Å². The summed E-state index contributed by atoms with van der Waals surface area (Å²) in [6.45, 7) is 13.4. The quantitative estimate of drug-likeness (QED) is 0.667. The number of methoxy groups -OCH3 is 1. The van der Waals surface area contributed by atoms with Gasteiger partial charge in [-0.05, 0) is 51.5 Å². The molecule has 1 aliphatic rings. The lowest BCUT2D eigenvalue weighted by Gasteiger charge is -2.40. The van der Waals surface area contributed by atoms with Crippen molar-refractivity contribution >= 4 is 0 Å². The summed E-state index contributed by atoms with van der Waals surface area (Å²) < 4.78 is 5.29. The van der Waals surface area contributed by atoms with Gasteiger partial charge in [0, 0.05) is 32.3 Å². The van der Waals surface area contributed by atoms with Gasteiger partial charge in [-0.25, -0.2) is 0 Å². The minimum Gasteiger partial charge on any atom is -0.383 e. The maximum absolute atomic E-state index is 5.29. The van der Waals surface area contributed by atoms with Crippen LogP contribution in [0.4, 0.5) is 0 Å². The van der Waals surface area contributed by atoms with Crippen molar-refractivity contribution in [3.8, 4) is 0 Å². The second-order valence-corrected chi connectivity index (χ2v) is 6.97.